The Morgan fingerprint density at radius 2 is 1.93 bits per heavy atom. The fourth-order valence-corrected chi connectivity index (χ4v) is 4.32. The number of β-lactam (4-membered cyclic amide) rings is 1. The summed E-state index contributed by atoms with van der Waals surface area (Å²) in [7, 11) is 1.38. The number of carbonyl (C=O) groups is 1. The summed E-state index contributed by atoms with van der Waals surface area (Å²) in [5.74, 6) is 0.255. The van der Waals surface area contributed by atoms with Gasteiger partial charge in [0.25, 0.3) is 0 Å². The van der Waals surface area contributed by atoms with Gasteiger partial charge in [-0.25, -0.2) is 4.31 Å². The fourth-order valence-electron chi connectivity index (χ4n) is 2.63. The largest absolute Gasteiger partial charge is 0.324 e. The molecule has 0 radical (unpaired) electrons. The lowest BCUT2D eigenvalue weighted by atomic mass is 9.71. The molecule has 2 aliphatic rings. The van der Waals surface area contributed by atoms with Crippen LogP contribution in [0.4, 0.5) is 0 Å². The molecule has 0 bridgehead atoms. The second-order valence-electron chi connectivity index (χ2n) is 4.68. The number of carbonyl (C=O) groups excluding carboxylic acids is 1. The van der Waals surface area contributed by atoms with Crippen LogP contribution < -0.4 is 0 Å². The molecule has 0 aromatic rings. The molecular formula is C9H14ClNO3S. The predicted molar refractivity (Wildman–Crippen MR) is 56.6 cm³/mol. The van der Waals surface area contributed by atoms with Crippen molar-refractivity contribution in [2.45, 2.75) is 44.6 Å². The molecule has 2 rings (SSSR count). The van der Waals surface area contributed by atoms with Gasteiger partial charge in [0.15, 0.2) is 0 Å². The van der Waals surface area contributed by atoms with Crippen LogP contribution in [-0.2, 0) is 14.0 Å². The third kappa shape index (κ3) is 1.76. The summed E-state index contributed by atoms with van der Waals surface area (Å²) in [6, 6.07) is 0. The molecule has 1 amide bonds. The van der Waals surface area contributed by atoms with Gasteiger partial charge in [-0.3, -0.25) is 4.79 Å². The summed E-state index contributed by atoms with van der Waals surface area (Å²) >= 11 is 0. The van der Waals surface area contributed by atoms with Crippen molar-refractivity contribution >= 4 is 25.8 Å². The van der Waals surface area contributed by atoms with Crippen molar-refractivity contribution in [2.75, 3.05) is 0 Å². The molecule has 2 fully saturated rings. The molecule has 1 saturated heterocycles. The molecule has 0 atom stereocenters. The van der Waals surface area contributed by atoms with Crippen molar-refractivity contribution in [3.8, 4) is 0 Å². The smallest absolute Gasteiger partial charge is 0.274 e. The van der Waals surface area contributed by atoms with Crippen molar-refractivity contribution in [1.29, 1.82) is 0 Å². The number of hydrogen-bond acceptors (Lipinski definition) is 3. The second-order valence-corrected chi connectivity index (χ2v) is 7.04. The van der Waals surface area contributed by atoms with Gasteiger partial charge in [-0.15, -0.1) is 0 Å². The van der Waals surface area contributed by atoms with Crippen molar-refractivity contribution < 1.29 is 13.2 Å². The van der Waals surface area contributed by atoms with Gasteiger partial charge in [0.05, 0.1) is 12.0 Å². The molecule has 0 aromatic heterocycles. The van der Waals surface area contributed by atoms with Crippen LogP contribution >= 0.6 is 10.7 Å². The zero-order chi connectivity index (χ0) is 11.3. The van der Waals surface area contributed by atoms with Crippen LogP contribution in [0.15, 0.2) is 0 Å². The van der Waals surface area contributed by atoms with E-state index in [1.807, 2.05) is 0 Å². The van der Waals surface area contributed by atoms with Crippen LogP contribution in [0.25, 0.3) is 0 Å². The standard InChI is InChI=1S/C9H14ClNO3S/c1-7-2-4-9(5-3-7)6-8(12)11(9)15(10,13)14/h7H,2-6H2,1H3. The van der Waals surface area contributed by atoms with Crippen LogP contribution in [0, 0.1) is 5.92 Å². The van der Waals surface area contributed by atoms with Gasteiger partial charge in [0.1, 0.15) is 0 Å². The lowest BCUT2D eigenvalue weighted by molar-refractivity contribution is -0.148. The lowest BCUT2D eigenvalue weighted by Crippen LogP contribution is -2.65. The normalized spacial score (nSPS) is 36.8. The van der Waals surface area contributed by atoms with Gasteiger partial charge in [0.2, 0.25) is 5.91 Å². The quantitative estimate of drug-likeness (QED) is 0.526. The number of nitrogens with zero attached hydrogens (tertiary/aromatic N) is 1. The highest BCUT2D eigenvalue weighted by atomic mass is 35.7. The van der Waals surface area contributed by atoms with E-state index in [4.69, 9.17) is 10.7 Å². The van der Waals surface area contributed by atoms with Gasteiger partial charge in [-0.2, -0.15) is 8.42 Å². The third-order valence-electron chi connectivity index (χ3n) is 3.56. The average molecular weight is 252 g/mol. The SMILES string of the molecule is CC1CCC2(CC1)CC(=O)N2S(=O)(=O)Cl. The molecule has 86 valence electrons. The lowest BCUT2D eigenvalue weighted by Gasteiger charge is -2.52. The molecule has 1 aliphatic carbocycles. The fraction of sp³-hybridized carbons (Fsp3) is 0.889. The first-order valence-electron chi connectivity index (χ1n) is 5.13. The number of rotatable bonds is 1. The molecule has 1 heterocycles. The summed E-state index contributed by atoms with van der Waals surface area (Å²) in [6.07, 6.45) is 3.79. The van der Waals surface area contributed by atoms with Crippen LogP contribution in [0.2, 0.25) is 0 Å². The second kappa shape index (κ2) is 3.35. The van der Waals surface area contributed by atoms with E-state index >= 15 is 0 Å². The van der Waals surface area contributed by atoms with Gasteiger partial charge in [-0.1, -0.05) is 6.92 Å². The molecule has 1 saturated carbocycles. The maximum absolute atomic E-state index is 11.3. The molecular weight excluding hydrogens is 238 g/mol. The van der Waals surface area contributed by atoms with Crippen molar-refractivity contribution in [2.24, 2.45) is 5.92 Å². The van der Waals surface area contributed by atoms with Gasteiger partial charge in [-0.05, 0) is 31.6 Å². The van der Waals surface area contributed by atoms with Crippen LogP contribution in [-0.4, -0.2) is 24.2 Å². The molecule has 1 spiro atoms. The topological polar surface area (TPSA) is 54.5 Å². The summed E-state index contributed by atoms with van der Waals surface area (Å²) in [4.78, 5) is 11.3. The first kappa shape index (κ1) is 11.2. The summed E-state index contributed by atoms with van der Waals surface area (Å²) in [5, 5.41) is 0. The van der Waals surface area contributed by atoms with E-state index in [-0.39, 0.29) is 5.91 Å². The highest BCUT2D eigenvalue weighted by Gasteiger charge is 2.56. The van der Waals surface area contributed by atoms with Gasteiger partial charge in [0, 0.05) is 10.7 Å². The minimum absolute atomic E-state index is 0.339. The molecule has 0 N–H and O–H groups in total. The maximum atomic E-state index is 11.3. The van der Waals surface area contributed by atoms with Crippen molar-refractivity contribution in [3.63, 3.8) is 0 Å². The van der Waals surface area contributed by atoms with E-state index in [1.165, 1.54) is 0 Å². The van der Waals surface area contributed by atoms with Crippen LogP contribution in [0.3, 0.4) is 0 Å². The van der Waals surface area contributed by atoms with E-state index in [0.29, 0.717) is 12.3 Å². The van der Waals surface area contributed by atoms with E-state index < -0.39 is 14.8 Å². The molecule has 6 heteroatoms. The Morgan fingerprint density at radius 3 is 2.33 bits per heavy atom. The van der Waals surface area contributed by atoms with E-state index in [9.17, 15) is 13.2 Å². The summed E-state index contributed by atoms with van der Waals surface area (Å²) in [6.45, 7) is 2.15. The first-order valence-corrected chi connectivity index (χ1v) is 7.40. The third-order valence-corrected chi connectivity index (χ3v) is 5.00. The zero-order valence-corrected chi connectivity index (χ0v) is 10.1. The Hall–Kier alpha value is -0.290. The number of amides is 1. The zero-order valence-electron chi connectivity index (χ0n) is 8.57. The summed E-state index contributed by atoms with van der Waals surface area (Å²) < 4.78 is 23.4. The minimum Gasteiger partial charge on any atom is -0.274 e. The molecule has 0 aromatic carbocycles. The Kier molecular flexibility index (Phi) is 2.50. The Balaban J connectivity index is 2.21. The van der Waals surface area contributed by atoms with E-state index in [2.05, 4.69) is 6.92 Å². The monoisotopic (exact) mass is 251 g/mol. The molecule has 15 heavy (non-hydrogen) atoms. The minimum atomic E-state index is -3.88. The molecule has 1 aliphatic heterocycles. The predicted octanol–water partition coefficient (Wildman–Crippen LogP) is 1.65. The van der Waals surface area contributed by atoms with Crippen LogP contribution in [0.5, 0.6) is 0 Å². The van der Waals surface area contributed by atoms with E-state index in [1.54, 1.807) is 0 Å². The van der Waals surface area contributed by atoms with E-state index in [0.717, 1.165) is 30.0 Å². The maximum Gasteiger partial charge on any atom is 0.324 e. The Labute approximate surface area is 94.1 Å². The van der Waals surface area contributed by atoms with Crippen LogP contribution in [0.1, 0.15) is 39.0 Å². The average Bonchev–Trinajstić information content (AvgIpc) is 2.05. The first-order chi connectivity index (χ1) is 6.85. The van der Waals surface area contributed by atoms with Gasteiger partial charge >= 0.3 is 9.24 Å². The highest BCUT2D eigenvalue weighted by Crippen LogP contribution is 2.47. The highest BCUT2D eigenvalue weighted by molar-refractivity contribution is 8.12. The molecule has 0 unspecified atom stereocenters. The Bertz CT molecular complexity index is 384. The van der Waals surface area contributed by atoms with Crippen molar-refractivity contribution in [1.82, 2.24) is 4.31 Å². The van der Waals surface area contributed by atoms with Crippen molar-refractivity contribution in [3.05, 3.63) is 0 Å². The molecule has 4 nitrogen and oxygen atoms in total. The Morgan fingerprint density at radius 1 is 1.40 bits per heavy atom. The number of hydrogen-bond donors (Lipinski definition) is 0. The van der Waals surface area contributed by atoms with Gasteiger partial charge < -0.3 is 0 Å². The number of halogens is 1. The summed E-state index contributed by atoms with van der Waals surface area (Å²) in [5.41, 5.74) is -0.482.